The van der Waals surface area contributed by atoms with E-state index < -0.39 is 0 Å². The van der Waals surface area contributed by atoms with Crippen LogP contribution in [0.1, 0.15) is 12.0 Å². The first-order valence-corrected chi connectivity index (χ1v) is 6.44. The third-order valence-corrected chi connectivity index (χ3v) is 3.40. The molecule has 1 heterocycles. The first-order chi connectivity index (χ1) is 9.13. The first kappa shape index (κ1) is 13.5. The zero-order valence-corrected chi connectivity index (χ0v) is 11.1. The van der Waals surface area contributed by atoms with Gasteiger partial charge in [0.2, 0.25) is 11.8 Å². The van der Waals surface area contributed by atoms with Crippen molar-refractivity contribution in [2.75, 3.05) is 25.0 Å². The van der Waals surface area contributed by atoms with Gasteiger partial charge in [0.05, 0.1) is 6.42 Å². The number of rotatable bonds is 4. The van der Waals surface area contributed by atoms with Gasteiger partial charge in [-0.2, -0.15) is 0 Å². The van der Waals surface area contributed by atoms with Crippen molar-refractivity contribution in [3.05, 3.63) is 29.8 Å². The monoisotopic (exact) mass is 261 g/mol. The number of nitrogens with zero attached hydrogens (tertiary/aromatic N) is 1. The third kappa shape index (κ3) is 3.12. The summed E-state index contributed by atoms with van der Waals surface area (Å²) in [6.45, 7) is 1.19. The summed E-state index contributed by atoms with van der Waals surface area (Å²) in [5.74, 6) is 0.298. The van der Waals surface area contributed by atoms with Crippen molar-refractivity contribution >= 4 is 17.5 Å². The normalized spacial score (nSPS) is 18.7. The summed E-state index contributed by atoms with van der Waals surface area (Å²) in [6.07, 6.45) is 0.836. The van der Waals surface area contributed by atoms with Gasteiger partial charge in [0.15, 0.2) is 0 Å². The maximum Gasteiger partial charge on any atom is 0.227 e. The average Bonchev–Trinajstić information content (AvgIpc) is 2.80. The molecule has 1 aromatic carbocycles. The third-order valence-electron chi connectivity index (χ3n) is 3.40. The highest BCUT2D eigenvalue weighted by atomic mass is 16.2. The van der Waals surface area contributed by atoms with Crippen LogP contribution in [-0.4, -0.2) is 32.0 Å². The topological polar surface area (TPSA) is 75.4 Å². The molecule has 2 rings (SSSR count). The van der Waals surface area contributed by atoms with Crippen LogP contribution in [0.4, 0.5) is 5.69 Å². The van der Waals surface area contributed by atoms with Crippen LogP contribution in [0, 0.1) is 5.92 Å². The highest BCUT2D eigenvalue weighted by Crippen LogP contribution is 2.25. The van der Waals surface area contributed by atoms with E-state index in [1.807, 2.05) is 24.3 Å². The van der Waals surface area contributed by atoms with Crippen molar-refractivity contribution in [2.24, 2.45) is 11.7 Å². The van der Waals surface area contributed by atoms with Crippen molar-refractivity contribution in [3.8, 4) is 0 Å². The number of nitrogens with two attached hydrogens (primary N) is 1. The van der Waals surface area contributed by atoms with E-state index in [2.05, 4.69) is 5.32 Å². The van der Waals surface area contributed by atoms with E-state index in [0.29, 0.717) is 25.9 Å². The standard InChI is InChI=1S/C14H19N3O2/c1-16-13(18)6-10-3-2-4-12(5-10)17-9-11(8-15)7-14(17)19/h2-5,11H,6-9,15H2,1H3,(H,16,18). The minimum atomic E-state index is -0.0373. The molecule has 0 radical (unpaired) electrons. The molecule has 0 aromatic heterocycles. The van der Waals surface area contributed by atoms with Crippen LogP contribution >= 0.6 is 0 Å². The first-order valence-electron chi connectivity index (χ1n) is 6.44. The molecule has 0 saturated carbocycles. The molecule has 2 amide bonds. The Morgan fingerprint density at radius 2 is 2.32 bits per heavy atom. The van der Waals surface area contributed by atoms with Crippen molar-refractivity contribution < 1.29 is 9.59 Å². The fraction of sp³-hybridized carbons (Fsp3) is 0.429. The minimum Gasteiger partial charge on any atom is -0.359 e. The molecule has 1 aliphatic heterocycles. The average molecular weight is 261 g/mol. The van der Waals surface area contributed by atoms with Gasteiger partial charge in [-0.25, -0.2) is 0 Å². The summed E-state index contributed by atoms with van der Waals surface area (Å²) in [7, 11) is 1.61. The Balaban J connectivity index is 2.15. The Morgan fingerprint density at radius 3 is 2.95 bits per heavy atom. The van der Waals surface area contributed by atoms with Crippen LogP contribution in [0.2, 0.25) is 0 Å². The van der Waals surface area contributed by atoms with E-state index in [-0.39, 0.29) is 17.7 Å². The van der Waals surface area contributed by atoms with Gasteiger partial charge < -0.3 is 16.0 Å². The SMILES string of the molecule is CNC(=O)Cc1cccc(N2CC(CN)CC2=O)c1. The summed E-state index contributed by atoms with van der Waals surface area (Å²) in [4.78, 5) is 25.0. The molecule has 1 unspecified atom stereocenters. The number of amides is 2. The van der Waals surface area contributed by atoms with Crippen molar-refractivity contribution in [1.82, 2.24) is 5.32 Å². The molecule has 5 heteroatoms. The van der Waals surface area contributed by atoms with Crippen LogP contribution < -0.4 is 16.0 Å². The lowest BCUT2D eigenvalue weighted by molar-refractivity contribution is -0.120. The molecule has 1 aromatic rings. The highest BCUT2D eigenvalue weighted by molar-refractivity contribution is 5.96. The van der Waals surface area contributed by atoms with Gasteiger partial charge in [-0.05, 0) is 30.2 Å². The number of nitrogens with one attached hydrogen (secondary N) is 1. The van der Waals surface area contributed by atoms with Crippen LogP contribution in [0.3, 0.4) is 0 Å². The predicted octanol–water partition coefficient (Wildman–Crippen LogP) is 0.287. The lowest BCUT2D eigenvalue weighted by Gasteiger charge is -2.17. The highest BCUT2D eigenvalue weighted by Gasteiger charge is 2.29. The fourth-order valence-corrected chi connectivity index (χ4v) is 2.30. The van der Waals surface area contributed by atoms with Crippen molar-refractivity contribution in [3.63, 3.8) is 0 Å². The van der Waals surface area contributed by atoms with Crippen LogP contribution in [0.5, 0.6) is 0 Å². The molecule has 102 valence electrons. The Bertz CT molecular complexity index is 487. The summed E-state index contributed by atoms with van der Waals surface area (Å²) >= 11 is 0. The largest absolute Gasteiger partial charge is 0.359 e. The van der Waals surface area contributed by atoms with Crippen molar-refractivity contribution in [1.29, 1.82) is 0 Å². The zero-order valence-electron chi connectivity index (χ0n) is 11.1. The number of hydrogen-bond acceptors (Lipinski definition) is 3. The quantitative estimate of drug-likeness (QED) is 0.818. The van der Waals surface area contributed by atoms with E-state index in [9.17, 15) is 9.59 Å². The van der Waals surface area contributed by atoms with Crippen LogP contribution in [0.15, 0.2) is 24.3 Å². The number of likely N-dealkylation sites (N-methyl/N-ethyl adjacent to an activating group) is 1. The number of carbonyl (C=O) groups is 2. The van der Waals surface area contributed by atoms with E-state index in [0.717, 1.165) is 11.3 Å². The number of anilines is 1. The second-order valence-corrected chi connectivity index (χ2v) is 4.83. The Morgan fingerprint density at radius 1 is 1.53 bits per heavy atom. The summed E-state index contributed by atoms with van der Waals surface area (Å²) in [5, 5.41) is 2.59. The Labute approximate surface area is 112 Å². The summed E-state index contributed by atoms with van der Waals surface area (Å²) in [5.41, 5.74) is 7.37. The fourth-order valence-electron chi connectivity index (χ4n) is 2.30. The predicted molar refractivity (Wildman–Crippen MR) is 73.7 cm³/mol. The second kappa shape index (κ2) is 5.84. The molecule has 1 fully saturated rings. The van der Waals surface area contributed by atoms with Crippen LogP contribution in [0.25, 0.3) is 0 Å². The van der Waals surface area contributed by atoms with Gasteiger partial charge in [-0.3, -0.25) is 9.59 Å². The molecule has 1 aliphatic rings. The molecule has 0 bridgehead atoms. The Hall–Kier alpha value is -1.88. The molecule has 1 saturated heterocycles. The molecule has 3 N–H and O–H groups in total. The minimum absolute atomic E-state index is 0.0373. The smallest absolute Gasteiger partial charge is 0.227 e. The van der Waals surface area contributed by atoms with E-state index in [1.54, 1.807) is 11.9 Å². The lowest BCUT2D eigenvalue weighted by Crippen LogP contribution is -2.26. The van der Waals surface area contributed by atoms with E-state index in [1.165, 1.54) is 0 Å². The van der Waals surface area contributed by atoms with Crippen molar-refractivity contribution in [2.45, 2.75) is 12.8 Å². The molecular weight excluding hydrogens is 242 g/mol. The van der Waals surface area contributed by atoms with Crippen LogP contribution in [-0.2, 0) is 16.0 Å². The number of hydrogen-bond donors (Lipinski definition) is 2. The maximum absolute atomic E-state index is 11.9. The van der Waals surface area contributed by atoms with Gasteiger partial charge in [-0.15, -0.1) is 0 Å². The number of carbonyl (C=O) groups excluding carboxylic acids is 2. The lowest BCUT2D eigenvalue weighted by atomic mass is 10.1. The van der Waals surface area contributed by atoms with Gasteiger partial charge in [0.1, 0.15) is 0 Å². The summed E-state index contributed by atoms with van der Waals surface area (Å²) < 4.78 is 0. The molecule has 0 aliphatic carbocycles. The second-order valence-electron chi connectivity index (χ2n) is 4.83. The zero-order chi connectivity index (χ0) is 13.8. The van der Waals surface area contributed by atoms with Gasteiger partial charge >= 0.3 is 0 Å². The molecule has 5 nitrogen and oxygen atoms in total. The molecule has 1 atom stereocenters. The van der Waals surface area contributed by atoms with E-state index >= 15 is 0 Å². The maximum atomic E-state index is 11.9. The Kier molecular flexibility index (Phi) is 4.16. The molecular formula is C14H19N3O2. The van der Waals surface area contributed by atoms with Gasteiger partial charge in [-0.1, -0.05) is 12.1 Å². The molecule has 19 heavy (non-hydrogen) atoms. The van der Waals surface area contributed by atoms with Gasteiger partial charge in [0.25, 0.3) is 0 Å². The van der Waals surface area contributed by atoms with E-state index in [4.69, 9.17) is 5.73 Å². The summed E-state index contributed by atoms with van der Waals surface area (Å²) in [6, 6.07) is 7.55. The molecule has 0 spiro atoms. The number of benzene rings is 1. The van der Waals surface area contributed by atoms with Gasteiger partial charge in [0, 0.05) is 25.7 Å².